The van der Waals surface area contributed by atoms with E-state index in [0.29, 0.717) is 22.8 Å². The van der Waals surface area contributed by atoms with Crippen LogP contribution in [0.1, 0.15) is 11.1 Å². The highest BCUT2D eigenvalue weighted by Gasteiger charge is 2.28. The molecule has 0 saturated carbocycles. The lowest BCUT2D eigenvalue weighted by molar-refractivity contribution is 1.18. The molecule has 0 aliphatic heterocycles. The third-order valence-corrected chi connectivity index (χ3v) is 21.6. The molecule has 498 valence electrons. The molecule has 0 spiro atoms. The summed E-state index contributed by atoms with van der Waals surface area (Å²) in [4.78, 5) is 20.4. The van der Waals surface area contributed by atoms with Gasteiger partial charge in [0.25, 0.3) is 0 Å². The van der Waals surface area contributed by atoms with Crippen molar-refractivity contribution in [1.29, 1.82) is 10.5 Å². The maximum atomic E-state index is 9.56. The molecule has 0 unspecified atom stereocenters. The summed E-state index contributed by atoms with van der Waals surface area (Å²) in [5.74, 6) is 1.39. The number of hydrogen-bond donors (Lipinski definition) is 0. The van der Waals surface area contributed by atoms with Gasteiger partial charge in [-0.25, -0.2) is 19.9 Å². The Hall–Kier alpha value is -14.8. The molecular formula is C102H60N6. The minimum absolute atomic E-state index is 0.654. The zero-order valence-electron chi connectivity index (χ0n) is 58.3. The Labute approximate surface area is 624 Å². The second-order valence-corrected chi connectivity index (χ2v) is 27.7. The Balaban J connectivity index is 0.000000143. The first-order valence-electron chi connectivity index (χ1n) is 36.3. The molecule has 2 aliphatic rings. The topological polar surface area (TPSA) is 99.1 Å². The fraction of sp³-hybridized carbons (Fsp3) is 0. The minimum atomic E-state index is 0.654. The van der Waals surface area contributed by atoms with Crippen LogP contribution in [-0.4, -0.2) is 19.9 Å². The van der Waals surface area contributed by atoms with E-state index < -0.39 is 0 Å². The lowest BCUT2D eigenvalue weighted by Gasteiger charge is -2.17. The summed E-state index contributed by atoms with van der Waals surface area (Å²) in [7, 11) is 0. The smallest absolute Gasteiger partial charge is 0.160 e. The second-order valence-electron chi connectivity index (χ2n) is 27.7. The predicted molar refractivity (Wildman–Crippen MR) is 444 cm³/mol. The third-order valence-electron chi connectivity index (χ3n) is 21.6. The van der Waals surface area contributed by atoms with Crippen molar-refractivity contribution in [2.24, 2.45) is 0 Å². The Morgan fingerprint density at radius 1 is 0.176 bits per heavy atom. The van der Waals surface area contributed by atoms with Crippen molar-refractivity contribution in [2.75, 3.05) is 0 Å². The largest absolute Gasteiger partial charge is 0.228 e. The van der Waals surface area contributed by atoms with Crippen molar-refractivity contribution in [2.45, 2.75) is 0 Å². The van der Waals surface area contributed by atoms with E-state index in [0.717, 1.165) is 106 Å². The predicted octanol–water partition coefficient (Wildman–Crippen LogP) is 26.4. The molecule has 0 amide bonds. The number of nitriles is 2. The lowest BCUT2D eigenvalue weighted by atomic mass is 9.86. The van der Waals surface area contributed by atoms with Gasteiger partial charge >= 0.3 is 0 Å². The molecule has 0 N–H and O–H groups in total. The molecule has 2 aromatic heterocycles. The van der Waals surface area contributed by atoms with Gasteiger partial charge in [0.15, 0.2) is 11.6 Å². The van der Waals surface area contributed by atoms with E-state index in [1.54, 1.807) is 0 Å². The van der Waals surface area contributed by atoms with Crippen LogP contribution in [0.5, 0.6) is 0 Å². The summed E-state index contributed by atoms with van der Waals surface area (Å²) in [5.41, 5.74) is 30.4. The van der Waals surface area contributed by atoms with Crippen LogP contribution in [-0.2, 0) is 0 Å². The average molecular weight is 1370 g/mol. The first-order chi connectivity index (χ1) is 53.4. The van der Waals surface area contributed by atoms with Gasteiger partial charge in [-0.05, 0) is 197 Å². The molecule has 108 heavy (non-hydrogen) atoms. The van der Waals surface area contributed by atoms with Crippen molar-refractivity contribution in [3.05, 3.63) is 375 Å². The van der Waals surface area contributed by atoms with Gasteiger partial charge in [-0.3, -0.25) is 0 Å². The molecule has 6 heteroatoms. The van der Waals surface area contributed by atoms with Crippen molar-refractivity contribution >= 4 is 53.9 Å². The van der Waals surface area contributed by atoms with Crippen LogP contribution < -0.4 is 0 Å². The van der Waals surface area contributed by atoms with Gasteiger partial charge in [-0.15, -0.1) is 0 Å². The molecular weight excluding hydrogens is 1310 g/mol. The normalized spacial score (nSPS) is 11.5. The van der Waals surface area contributed by atoms with Gasteiger partial charge < -0.3 is 0 Å². The molecule has 19 aromatic rings. The van der Waals surface area contributed by atoms with Crippen LogP contribution >= 0.6 is 0 Å². The van der Waals surface area contributed by atoms with Crippen LogP contribution in [0.4, 0.5) is 0 Å². The van der Waals surface area contributed by atoms with E-state index >= 15 is 0 Å². The number of benzene rings is 17. The van der Waals surface area contributed by atoms with Crippen LogP contribution in [0, 0.1) is 22.7 Å². The van der Waals surface area contributed by atoms with Crippen molar-refractivity contribution < 1.29 is 0 Å². The van der Waals surface area contributed by atoms with Crippen molar-refractivity contribution in [3.63, 3.8) is 0 Å². The zero-order chi connectivity index (χ0) is 71.8. The van der Waals surface area contributed by atoms with Gasteiger partial charge in [-0.1, -0.05) is 309 Å². The molecule has 0 radical (unpaired) electrons. The maximum absolute atomic E-state index is 9.56. The highest BCUT2D eigenvalue weighted by molar-refractivity contribution is 6.26. The van der Waals surface area contributed by atoms with Gasteiger partial charge in [0.1, 0.15) is 0 Å². The molecule has 21 rings (SSSR count). The molecule has 2 aliphatic carbocycles. The van der Waals surface area contributed by atoms with E-state index in [1.807, 2.05) is 97.1 Å². The molecule has 17 aromatic carbocycles. The van der Waals surface area contributed by atoms with Crippen LogP contribution in [0.3, 0.4) is 0 Å². The Kier molecular flexibility index (Phi) is 15.2. The Morgan fingerprint density at radius 3 is 0.898 bits per heavy atom. The van der Waals surface area contributed by atoms with Gasteiger partial charge in [0, 0.05) is 33.4 Å². The molecule has 6 nitrogen and oxygen atoms in total. The highest BCUT2D eigenvalue weighted by Crippen LogP contribution is 2.55. The van der Waals surface area contributed by atoms with Crippen molar-refractivity contribution in [1.82, 2.24) is 19.9 Å². The highest BCUT2D eigenvalue weighted by atomic mass is 14.9. The number of nitrogens with zero attached hydrogens (tertiary/aromatic N) is 6. The quantitative estimate of drug-likeness (QED) is 0.127. The summed E-state index contributed by atoms with van der Waals surface area (Å²) < 4.78 is 0. The maximum Gasteiger partial charge on any atom is 0.160 e. The van der Waals surface area contributed by atoms with Crippen LogP contribution in [0.2, 0.25) is 0 Å². The summed E-state index contributed by atoms with van der Waals surface area (Å²) in [5, 5.41) is 31.0. The SMILES string of the molecule is N#Cc1ccc(-c2ccc3c4c(ccc(-c5ccc6cc(-c7nc(-c8ccccc8)cc(-c8ccccc8)n7)ccc6c5)c24)-c2ccccc2-3)cc1.N#Cc1ccc(-c2ccc3c4c(ccc(-c5cccc6c5ccc5ccc(-c7nc(-c8ccccc8)cc(-c8ccccc8)n7)cc56)c24)-c2ccccc2-3)cc1. The van der Waals surface area contributed by atoms with E-state index in [-0.39, 0.29) is 0 Å². The zero-order valence-corrected chi connectivity index (χ0v) is 58.3. The van der Waals surface area contributed by atoms with Gasteiger partial charge in [-0.2, -0.15) is 10.5 Å². The number of hydrogen-bond acceptors (Lipinski definition) is 6. The lowest BCUT2D eigenvalue weighted by Crippen LogP contribution is -1.96. The first kappa shape index (κ1) is 62.9. The standard InChI is InChI=1S/C53H31N3.C49H29N3/c54-32-33-18-20-34(21-19-33)39-26-27-46-40-14-7-8-15-41(40)47-29-28-45(51(39)52(46)47)42-16-9-17-43-44(42)25-24-35-22-23-38(30-48(35)43)53-55-49(36-10-3-1-4-11-36)31-50(56-53)37-12-5-2-6-13-37;50-30-31-15-17-32(18-16-31)39-23-25-43-41-13-7-8-14-42(41)44-26-24-40(47(39)48(43)44)37-21-19-36-28-38(22-20-35(36)27-37)49-51-45(33-9-3-1-4-10-33)29-46(52-49)34-11-5-2-6-12-34/h1-31H;1-29H. The monoisotopic (exact) mass is 1370 g/mol. The fourth-order valence-corrected chi connectivity index (χ4v) is 16.4. The second kappa shape index (κ2) is 26.2. The molecule has 0 saturated heterocycles. The van der Waals surface area contributed by atoms with E-state index in [9.17, 15) is 10.5 Å². The molecule has 0 fully saturated rings. The third kappa shape index (κ3) is 10.9. The summed E-state index contributed by atoms with van der Waals surface area (Å²) in [6.45, 7) is 0. The van der Waals surface area contributed by atoms with E-state index in [1.165, 1.54) is 93.5 Å². The summed E-state index contributed by atoms with van der Waals surface area (Å²) in [6.07, 6.45) is 0. The van der Waals surface area contributed by atoms with Crippen LogP contribution in [0.15, 0.2) is 364 Å². The van der Waals surface area contributed by atoms with Gasteiger partial charge in [0.2, 0.25) is 0 Å². The summed E-state index contributed by atoms with van der Waals surface area (Å²) in [6, 6.07) is 132. The number of fused-ring (bicyclic) bond motifs is 10. The van der Waals surface area contributed by atoms with Crippen LogP contribution in [0.25, 0.3) is 211 Å². The Morgan fingerprint density at radius 2 is 0.481 bits per heavy atom. The number of aromatic nitrogens is 4. The average Bonchev–Trinajstić information content (AvgIpc) is 1.53. The van der Waals surface area contributed by atoms with E-state index in [4.69, 9.17) is 19.9 Å². The minimum Gasteiger partial charge on any atom is -0.228 e. The fourth-order valence-electron chi connectivity index (χ4n) is 16.4. The first-order valence-corrected chi connectivity index (χ1v) is 36.3. The molecule has 2 heterocycles. The van der Waals surface area contributed by atoms with Crippen molar-refractivity contribution in [3.8, 4) is 169 Å². The molecule has 0 atom stereocenters. The molecule has 0 bridgehead atoms. The van der Waals surface area contributed by atoms with Gasteiger partial charge in [0.05, 0.1) is 46.0 Å². The number of rotatable bonds is 10. The summed E-state index contributed by atoms with van der Waals surface area (Å²) >= 11 is 0. The Bertz CT molecular complexity index is 6790. The van der Waals surface area contributed by atoms with E-state index in [2.05, 4.69) is 279 Å².